The zero-order valence-corrected chi connectivity index (χ0v) is 9.79. The summed E-state index contributed by atoms with van der Waals surface area (Å²) in [7, 11) is 0. The van der Waals surface area contributed by atoms with Gasteiger partial charge in [0.2, 0.25) is 0 Å². The van der Waals surface area contributed by atoms with Gasteiger partial charge in [0.25, 0.3) is 0 Å². The molecule has 0 fully saturated rings. The second-order valence-corrected chi connectivity index (χ2v) is 3.78. The van der Waals surface area contributed by atoms with E-state index in [1.807, 2.05) is 11.8 Å². The fourth-order valence-corrected chi connectivity index (χ4v) is 1.60. The number of nitrogens with zero attached hydrogens (tertiary/aromatic N) is 1. The topological polar surface area (TPSA) is 40.5 Å². The molecule has 1 N–H and O–H groups in total. The van der Waals surface area contributed by atoms with Crippen LogP contribution in [0.15, 0.2) is 0 Å². The number of rotatable bonds is 7. The molecule has 0 rings (SSSR count). The average molecular weight is 201 g/mol. The molecule has 0 aliphatic heterocycles. The number of carbonyl (C=O) groups is 1. The Hall–Kier alpha value is -0.570. The molecule has 0 saturated heterocycles. The van der Waals surface area contributed by atoms with Crippen LogP contribution in [-0.4, -0.2) is 35.1 Å². The molecule has 0 amide bonds. The minimum absolute atomic E-state index is 0.361. The van der Waals surface area contributed by atoms with Gasteiger partial charge in [-0.1, -0.05) is 33.6 Å². The fourth-order valence-electron chi connectivity index (χ4n) is 1.60. The van der Waals surface area contributed by atoms with Crippen molar-refractivity contribution in [3.05, 3.63) is 0 Å². The van der Waals surface area contributed by atoms with Crippen molar-refractivity contribution in [3.8, 4) is 0 Å². The average Bonchev–Trinajstić information content (AvgIpc) is 2.19. The Labute approximate surface area is 87.1 Å². The minimum atomic E-state index is -0.724. The Bertz CT molecular complexity index is 167. The summed E-state index contributed by atoms with van der Waals surface area (Å²) in [6, 6.07) is -0.361. The van der Waals surface area contributed by atoms with Crippen LogP contribution in [0.1, 0.15) is 40.5 Å². The van der Waals surface area contributed by atoms with Gasteiger partial charge in [0, 0.05) is 6.54 Å². The number of likely N-dealkylation sites (N-methyl/N-ethyl adjacent to an activating group) is 1. The third-order valence-electron chi connectivity index (χ3n) is 2.96. The number of aliphatic carboxylic acids is 1. The van der Waals surface area contributed by atoms with Crippen LogP contribution in [0.5, 0.6) is 0 Å². The third kappa shape index (κ3) is 4.09. The Morgan fingerprint density at radius 2 is 1.79 bits per heavy atom. The van der Waals surface area contributed by atoms with Crippen LogP contribution < -0.4 is 0 Å². The van der Waals surface area contributed by atoms with Crippen molar-refractivity contribution in [1.82, 2.24) is 4.90 Å². The highest BCUT2D eigenvalue weighted by molar-refractivity contribution is 5.72. The second kappa shape index (κ2) is 6.82. The summed E-state index contributed by atoms with van der Waals surface area (Å²) < 4.78 is 0. The van der Waals surface area contributed by atoms with Gasteiger partial charge >= 0.3 is 5.97 Å². The molecule has 0 saturated carbocycles. The number of carboxylic acids is 1. The van der Waals surface area contributed by atoms with Crippen molar-refractivity contribution < 1.29 is 9.90 Å². The van der Waals surface area contributed by atoms with Crippen molar-refractivity contribution in [3.63, 3.8) is 0 Å². The first kappa shape index (κ1) is 13.4. The van der Waals surface area contributed by atoms with Crippen LogP contribution in [0.2, 0.25) is 0 Å². The fraction of sp³-hybridized carbons (Fsp3) is 0.909. The Balaban J connectivity index is 4.19. The molecular formula is C11H23NO2. The van der Waals surface area contributed by atoms with Crippen LogP contribution in [0.3, 0.4) is 0 Å². The molecule has 84 valence electrons. The molecule has 1 unspecified atom stereocenters. The van der Waals surface area contributed by atoms with E-state index in [9.17, 15) is 4.79 Å². The highest BCUT2D eigenvalue weighted by atomic mass is 16.4. The Morgan fingerprint density at radius 1 is 1.29 bits per heavy atom. The standard InChI is InChI=1S/C11H23NO2/c1-5-10(6-2)8-12(7-3)9(4)11(13)14/h9-10H,5-8H2,1-4H3,(H,13,14). The van der Waals surface area contributed by atoms with E-state index in [-0.39, 0.29) is 6.04 Å². The smallest absolute Gasteiger partial charge is 0.320 e. The lowest BCUT2D eigenvalue weighted by atomic mass is 10.0. The van der Waals surface area contributed by atoms with Gasteiger partial charge in [0.15, 0.2) is 0 Å². The lowest BCUT2D eigenvalue weighted by molar-refractivity contribution is -0.142. The molecule has 0 aliphatic carbocycles. The molecule has 1 atom stereocenters. The zero-order chi connectivity index (χ0) is 11.1. The maximum absolute atomic E-state index is 10.8. The molecule has 0 heterocycles. The van der Waals surface area contributed by atoms with E-state index in [2.05, 4.69) is 13.8 Å². The quantitative estimate of drug-likeness (QED) is 0.686. The minimum Gasteiger partial charge on any atom is -0.480 e. The zero-order valence-electron chi connectivity index (χ0n) is 9.79. The van der Waals surface area contributed by atoms with Crippen molar-refractivity contribution in [2.24, 2.45) is 5.92 Å². The number of carboxylic acid groups (broad SMARTS) is 1. The summed E-state index contributed by atoms with van der Waals surface area (Å²) in [6.07, 6.45) is 2.25. The molecule has 3 nitrogen and oxygen atoms in total. The van der Waals surface area contributed by atoms with Crippen LogP contribution in [-0.2, 0) is 4.79 Å². The SMILES string of the molecule is CCC(CC)CN(CC)C(C)C(=O)O. The predicted octanol–water partition coefficient (Wildman–Crippen LogP) is 2.22. The van der Waals surface area contributed by atoms with Gasteiger partial charge in [0.1, 0.15) is 6.04 Å². The van der Waals surface area contributed by atoms with E-state index in [0.29, 0.717) is 5.92 Å². The first-order valence-corrected chi connectivity index (χ1v) is 5.53. The first-order chi connectivity index (χ1) is 6.56. The largest absolute Gasteiger partial charge is 0.480 e. The summed E-state index contributed by atoms with van der Waals surface area (Å²) >= 11 is 0. The van der Waals surface area contributed by atoms with Crippen LogP contribution >= 0.6 is 0 Å². The van der Waals surface area contributed by atoms with Crippen molar-refractivity contribution >= 4 is 5.97 Å². The van der Waals surface area contributed by atoms with Crippen LogP contribution in [0, 0.1) is 5.92 Å². The molecule has 0 aromatic heterocycles. The molecule has 0 aromatic carbocycles. The van der Waals surface area contributed by atoms with Gasteiger partial charge in [-0.05, 0) is 19.4 Å². The highest BCUT2D eigenvalue weighted by Crippen LogP contribution is 2.12. The maximum atomic E-state index is 10.8. The van der Waals surface area contributed by atoms with Gasteiger partial charge in [-0.2, -0.15) is 0 Å². The summed E-state index contributed by atoms with van der Waals surface area (Å²) in [5.74, 6) is -0.102. The van der Waals surface area contributed by atoms with Gasteiger partial charge in [-0.3, -0.25) is 9.69 Å². The molecular weight excluding hydrogens is 178 g/mol. The number of hydrogen-bond acceptors (Lipinski definition) is 2. The number of hydrogen-bond donors (Lipinski definition) is 1. The third-order valence-corrected chi connectivity index (χ3v) is 2.96. The van der Waals surface area contributed by atoms with Crippen molar-refractivity contribution in [2.45, 2.75) is 46.6 Å². The van der Waals surface area contributed by atoms with E-state index < -0.39 is 5.97 Å². The van der Waals surface area contributed by atoms with Crippen molar-refractivity contribution in [2.75, 3.05) is 13.1 Å². The van der Waals surface area contributed by atoms with E-state index in [1.165, 1.54) is 0 Å². The molecule has 0 spiro atoms. The summed E-state index contributed by atoms with van der Waals surface area (Å²) in [5, 5.41) is 8.90. The van der Waals surface area contributed by atoms with Gasteiger partial charge in [0.05, 0.1) is 0 Å². The normalized spacial score (nSPS) is 13.6. The lowest BCUT2D eigenvalue weighted by Crippen LogP contribution is -2.41. The maximum Gasteiger partial charge on any atom is 0.320 e. The summed E-state index contributed by atoms with van der Waals surface area (Å²) in [4.78, 5) is 12.8. The van der Waals surface area contributed by atoms with E-state index in [4.69, 9.17) is 5.11 Å². The monoisotopic (exact) mass is 201 g/mol. The molecule has 14 heavy (non-hydrogen) atoms. The molecule has 3 heteroatoms. The first-order valence-electron chi connectivity index (χ1n) is 5.53. The van der Waals surface area contributed by atoms with E-state index in [1.54, 1.807) is 6.92 Å². The van der Waals surface area contributed by atoms with E-state index >= 15 is 0 Å². The van der Waals surface area contributed by atoms with Gasteiger partial charge in [-0.25, -0.2) is 0 Å². The van der Waals surface area contributed by atoms with Crippen LogP contribution in [0.4, 0.5) is 0 Å². The second-order valence-electron chi connectivity index (χ2n) is 3.78. The molecule has 0 aliphatic rings. The molecule has 0 bridgehead atoms. The van der Waals surface area contributed by atoms with E-state index in [0.717, 1.165) is 25.9 Å². The lowest BCUT2D eigenvalue weighted by Gasteiger charge is -2.28. The summed E-state index contributed by atoms with van der Waals surface area (Å²) in [5.41, 5.74) is 0. The van der Waals surface area contributed by atoms with Crippen molar-refractivity contribution in [1.29, 1.82) is 0 Å². The van der Waals surface area contributed by atoms with Crippen LogP contribution in [0.25, 0.3) is 0 Å². The highest BCUT2D eigenvalue weighted by Gasteiger charge is 2.20. The predicted molar refractivity (Wildman–Crippen MR) is 58.4 cm³/mol. The molecule has 0 radical (unpaired) electrons. The Kier molecular flexibility index (Phi) is 6.54. The summed E-state index contributed by atoms with van der Waals surface area (Å²) in [6.45, 7) is 9.80. The van der Waals surface area contributed by atoms with Gasteiger partial charge in [-0.15, -0.1) is 0 Å². The molecule has 0 aromatic rings. The van der Waals surface area contributed by atoms with Gasteiger partial charge < -0.3 is 5.11 Å². The Morgan fingerprint density at radius 3 is 2.07 bits per heavy atom.